The molecule has 1 heterocycles. The van der Waals surface area contributed by atoms with Crippen LogP contribution in [0.4, 0.5) is 0 Å². The molecule has 1 rings (SSSR count). The van der Waals surface area contributed by atoms with E-state index < -0.39 is 36.5 Å². The number of nitrogens with two attached hydrogens (primary N) is 2. The molecule has 1 aliphatic rings. The van der Waals surface area contributed by atoms with Crippen molar-refractivity contribution in [2.24, 2.45) is 11.6 Å². The van der Waals surface area contributed by atoms with Gasteiger partial charge in [0.2, 0.25) is 5.91 Å². The zero-order valence-electron chi connectivity index (χ0n) is 12.5. The number of carboxylic acid groups (broad SMARTS) is 2. The van der Waals surface area contributed by atoms with Crippen molar-refractivity contribution in [1.82, 2.24) is 9.91 Å². The lowest BCUT2D eigenvalue weighted by molar-refractivity contribution is -0.152. The fourth-order valence-corrected chi connectivity index (χ4v) is 2.66. The molecule has 1 saturated heterocycles. The fourth-order valence-electron chi connectivity index (χ4n) is 2.66. The number of aliphatic carboxylic acids is 2. The molecule has 9 heteroatoms. The Morgan fingerprint density at radius 2 is 1.95 bits per heavy atom. The van der Waals surface area contributed by atoms with Crippen molar-refractivity contribution in [2.45, 2.75) is 44.2 Å². The molecule has 0 aromatic heterocycles. The predicted octanol–water partition coefficient (Wildman–Crippen LogP) is -1.18. The van der Waals surface area contributed by atoms with Crippen LogP contribution < -0.4 is 11.6 Å². The number of amides is 1. The first kappa shape index (κ1) is 18.3. The molecule has 1 aliphatic heterocycles. The zero-order chi connectivity index (χ0) is 16.7. The van der Waals surface area contributed by atoms with E-state index in [0.29, 0.717) is 45.2 Å². The highest BCUT2D eigenvalue weighted by Crippen LogP contribution is 2.21. The lowest BCUT2D eigenvalue weighted by Gasteiger charge is -2.31. The largest absolute Gasteiger partial charge is 0.480 e. The number of unbranched alkanes of at least 4 members (excludes halogenated alkanes) is 1. The first-order valence-corrected chi connectivity index (χ1v) is 7.35. The van der Waals surface area contributed by atoms with Crippen molar-refractivity contribution in [3.05, 3.63) is 0 Å². The summed E-state index contributed by atoms with van der Waals surface area (Å²) in [6, 6.07) is -1.70. The summed E-state index contributed by atoms with van der Waals surface area (Å²) >= 11 is 0. The van der Waals surface area contributed by atoms with Crippen LogP contribution in [0.25, 0.3) is 0 Å². The summed E-state index contributed by atoms with van der Waals surface area (Å²) in [5.74, 6) is 3.10. The SMILES string of the molecule is NCCCC[C@@H](C(=O)N1CCC[C@H]1C(=O)O)N(N)CC(=O)O. The standard InChI is InChI=1S/C13H24N4O5/c14-6-2-1-4-9(17(15)8-11(18)19)12(20)16-7-3-5-10(16)13(21)22/h9-10H,1-8,14-15H2,(H,18,19)(H,21,22)/t9-,10-/m0/s1. The second-order valence-corrected chi connectivity index (χ2v) is 5.39. The Hall–Kier alpha value is -1.71. The van der Waals surface area contributed by atoms with Gasteiger partial charge in [-0.1, -0.05) is 6.42 Å². The smallest absolute Gasteiger partial charge is 0.326 e. The lowest BCUT2D eigenvalue weighted by Crippen LogP contribution is -2.55. The molecule has 126 valence electrons. The molecule has 0 aromatic rings. The quantitative estimate of drug-likeness (QED) is 0.236. The van der Waals surface area contributed by atoms with Crippen LogP contribution in [-0.4, -0.2) is 69.7 Å². The average Bonchev–Trinajstić information content (AvgIpc) is 2.91. The molecule has 1 fully saturated rings. The minimum absolute atomic E-state index is 0.350. The van der Waals surface area contributed by atoms with Gasteiger partial charge in [0.05, 0.1) is 0 Å². The van der Waals surface area contributed by atoms with Crippen molar-refractivity contribution in [3.8, 4) is 0 Å². The van der Waals surface area contributed by atoms with E-state index in [-0.39, 0.29) is 0 Å². The first-order chi connectivity index (χ1) is 10.4. The van der Waals surface area contributed by atoms with Crippen molar-refractivity contribution in [1.29, 1.82) is 0 Å². The van der Waals surface area contributed by atoms with Crippen LogP contribution in [0.15, 0.2) is 0 Å². The van der Waals surface area contributed by atoms with Crippen LogP contribution in [0.2, 0.25) is 0 Å². The Labute approximate surface area is 128 Å². The third kappa shape index (κ3) is 4.93. The number of hydrogen-bond acceptors (Lipinski definition) is 6. The molecule has 2 atom stereocenters. The minimum atomic E-state index is -1.14. The second kappa shape index (κ2) is 8.66. The summed E-state index contributed by atoms with van der Waals surface area (Å²) < 4.78 is 0. The van der Waals surface area contributed by atoms with Crippen LogP contribution in [0.3, 0.4) is 0 Å². The zero-order valence-corrected chi connectivity index (χ0v) is 12.5. The molecule has 0 aliphatic carbocycles. The monoisotopic (exact) mass is 316 g/mol. The lowest BCUT2D eigenvalue weighted by atomic mass is 10.1. The van der Waals surface area contributed by atoms with E-state index in [2.05, 4.69) is 0 Å². The van der Waals surface area contributed by atoms with Gasteiger partial charge in [-0.25, -0.2) is 9.80 Å². The third-order valence-corrected chi connectivity index (χ3v) is 3.76. The maximum Gasteiger partial charge on any atom is 0.326 e. The molecule has 9 nitrogen and oxygen atoms in total. The summed E-state index contributed by atoms with van der Waals surface area (Å²) in [6.07, 6.45) is 2.67. The maximum atomic E-state index is 12.6. The highest BCUT2D eigenvalue weighted by atomic mass is 16.4. The van der Waals surface area contributed by atoms with Crippen LogP contribution >= 0.6 is 0 Å². The molecule has 0 bridgehead atoms. The number of carbonyl (C=O) groups excluding carboxylic acids is 1. The van der Waals surface area contributed by atoms with E-state index in [0.717, 1.165) is 5.01 Å². The topological polar surface area (TPSA) is 150 Å². The van der Waals surface area contributed by atoms with Crippen molar-refractivity contribution in [2.75, 3.05) is 19.6 Å². The van der Waals surface area contributed by atoms with Gasteiger partial charge in [0.15, 0.2) is 0 Å². The average molecular weight is 316 g/mol. The van der Waals surface area contributed by atoms with Gasteiger partial charge in [-0.2, -0.15) is 0 Å². The van der Waals surface area contributed by atoms with Crippen molar-refractivity contribution in [3.63, 3.8) is 0 Å². The Morgan fingerprint density at radius 1 is 1.27 bits per heavy atom. The van der Waals surface area contributed by atoms with Gasteiger partial charge in [0.25, 0.3) is 0 Å². The number of hydrazine groups is 1. The second-order valence-electron chi connectivity index (χ2n) is 5.39. The van der Waals surface area contributed by atoms with E-state index in [1.807, 2.05) is 0 Å². The van der Waals surface area contributed by atoms with Gasteiger partial charge in [-0.15, -0.1) is 0 Å². The first-order valence-electron chi connectivity index (χ1n) is 7.35. The van der Waals surface area contributed by atoms with Gasteiger partial charge < -0.3 is 20.8 Å². The van der Waals surface area contributed by atoms with E-state index in [1.54, 1.807) is 0 Å². The summed E-state index contributed by atoms with van der Waals surface area (Å²) in [5, 5.41) is 19.0. The fraction of sp³-hybridized carbons (Fsp3) is 0.769. The normalized spacial score (nSPS) is 19.4. The molecule has 6 N–H and O–H groups in total. The van der Waals surface area contributed by atoms with E-state index in [1.165, 1.54) is 4.90 Å². The molecule has 0 saturated carbocycles. The molecule has 0 aromatic carbocycles. The van der Waals surface area contributed by atoms with Crippen molar-refractivity contribution < 1.29 is 24.6 Å². The van der Waals surface area contributed by atoms with Crippen LogP contribution in [0.5, 0.6) is 0 Å². The Balaban J connectivity index is 2.81. The highest BCUT2D eigenvalue weighted by molar-refractivity contribution is 5.87. The summed E-state index contributed by atoms with van der Waals surface area (Å²) in [7, 11) is 0. The number of rotatable bonds is 9. The highest BCUT2D eigenvalue weighted by Gasteiger charge is 2.38. The van der Waals surface area contributed by atoms with Gasteiger partial charge >= 0.3 is 11.9 Å². The maximum absolute atomic E-state index is 12.6. The molecule has 1 amide bonds. The molecule has 0 unspecified atom stereocenters. The number of carbonyl (C=O) groups is 3. The molecule has 0 radical (unpaired) electrons. The Bertz CT molecular complexity index is 417. The van der Waals surface area contributed by atoms with Gasteiger partial charge in [0, 0.05) is 6.54 Å². The number of likely N-dealkylation sites (tertiary alicyclic amines) is 1. The van der Waals surface area contributed by atoms with Crippen LogP contribution in [-0.2, 0) is 14.4 Å². The van der Waals surface area contributed by atoms with Gasteiger partial charge in [0.1, 0.15) is 18.6 Å². The van der Waals surface area contributed by atoms with E-state index >= 15 is 0 Å². The summed E-state index contributed by atoms with van der Waals surface area (Å²) in [6.45, 7) is 0.334. The molecule has 0 spiro atoms. The minimum Gasteiger partial charge on any atom is -0.480 e. The number of carboxylic acids is 2. The van der Waals surface area contributed by atoms with E-state index in [9.17, 15) is 14.4 Å². The molecular formula is C13H24N4O5. The third-order valence-electron chi connectivity index (χ3n) is 3.76. The van der Waals surface area contributed by atoms with Crippen LogP contribution in [0, 0.1) is 0 Å². The van der Waals surface area contributed by atoms with Crippen LogP contribution in [0.1, 0.15) is 32.1 Å². The van der Waals surface area contributed by atoms with E-state index in [4.69, 9.17) is 21.8 Å². The number of nitrogens with zero attached hydrogens (tertiary/aromatic N) is 2. The molecule has 22 heavy (non-hydrogen) atoms. The van der Waals surface area contributed by atoms with Gasteiger partial charge in [-0.3, -0.25) is 15.4 Å². The Morgan fingerprint density at radius 3 is 2.50 bits per heavy atom. The summed E-state index contributed by atoms with van der Waals surface area (Å²) in [4.78, 5) is 35.9. The number of hydrogen-bond donors (Lipinski definition) is 4. The molecular weight excluding hydrogens is 292 g/mol. The predicted molar refractivity (Wildman–Crippen MR) is 77.6 cm³/mol. The van der Waals surface area contributed by atoms with Crippen molar-refractivity contribution >= 4 is 17.8 Å². The Kier molecular flexibility index (Phi) is 7.22. The summed E-state index contributed by atoms with van der Waals surface area (Å²) in [5.41, 5.74) is 5.42. The van der Waals surface area contributed by atoms with Gasteiger partial charge in [-0.05, 0) is 32.2 Å².